The Balaban J connectivity index is 2.53. The number of nitriles is 1. The third-order valence-electron chi connectivity index (χ3n) is 2.07. The van der Waals surface area contributed by atoms with Gasteiger partial charge in [0.05, 0.1) is 12.0 Å². The van der Waals surface area contributed by atoms with Crippen LogP contribution >= 0.6 is 15.9 Å². The molecule has 54 valence electrons. The third kappa shape index (κ3) is 0.883. The molecule has 2 heteroatoms. The van der Waals surface area contributed by atoms with Gasteiger partial charge in [-0.1, -0.05) is 28.1 Å². The maximum atomic E-state index is 8.69. The number of hydrogen-bond donors (Lipinski definition) is 0. The summed E-state index contributed by atoms with van der Waals surface area (Å²) in [5, 5.41) is 8.69. The Bertz CT molecular complexity index is 324. The van der Waals surface area contributed by atoms with Crippen LogP contribution in [0.4, 0.5) is 0 Å². The summed E-state index contributed by atoms with van der Waals surface area (Å²) < 4.78 is 1.08. The van der Waals surface area contributed by atoms with E-state index >= 15 is 0 Å². The molecule has 1 unspecified atom stereocenters. The van der Waals surface area contributed by atoms with E-state index < -0.39 is 0 Å². The Labute approximate surface area is 73.8 Å². The van der Waals surface area contributed by atoms with Crippen LogP contribution < -0.4 is 0 Å². The first kappa shape index (κ1) is 6.87. The monoisotopic (exact) mass is 207 g/mol. The molecule has 0 aromatic heterocycles. The molecule has 1 nitrogen and oxygen atoms in total. The number of nitrogens with zero attached hydrogens (tertiary/aromatic N) is 1. The minimum atomic E-state index is 0.126. The number of fused-ring (bicyclic) bond motifs is 1. The van der Waals surface area contributed by atoms with Gasteiger partial charge in [0.1, 0.15) is 0 Å². The molecule has 0 heterocycles. The molecule has 0 saturated heterocycles. The van der Waals surface area contributed by atoms with Crippen LogP contribution in [-0.4, -0.2) is 0 Å². The van der Waals surface area contributed by atoms with Gasteiger partial charge in [-0.05, 0) is 23.6 Å². The van der Waals surface area contributed by atoms with Crippen molar-refractivity contribution in [1.82, 2.24) is 0 Å². The Kier molecular flexibility index (Phi) is 1.47. The van der Waals surface area contributed by atoms with Crippen LogP contribution in [-0.2, 0) is 6.42 Å². The predicted molar refractivity (Wildman–Crippen MR) is 46.2 cm³/mol. The zero-order valence-electron chi connectivity index (χ0n) is 5.84. The van der Waals surface area contributed by atoms with Crippen molar-refractivity contribution in [3.63, 3.8) is 0 Å². The van der Waals surface area contributed by atoms with Gasteiger partial charge < -0.3 is 0 Å². The van der Waals surface area contributed by atoms with Gasteiger partial charge in [-0.2, -0.15) is 5.26 Å². The Morgan fingerprint density at radius 1 is 1.55 bits per heavy atom. The van der Waals surface area contributed by atoms with Crippen molar-refractivity contribution >= 4 is 15.9 Å². The summed E-state index contributed by atoms with van der Waals surface area (Å²) >= 11 is 3.43. The highest BCUT2D eigenvalue weighted by molar-refractivity contribution is 9.10. The highest BCUT2D eigenvalue weighted by Gasteiger charge is 2.27. The molecule has 0 N–H and O–H groups in total. The summed E-state index contributed by atoms with van der Waals surface area (Å²) in [6, 6.07) is 8.34. The molecule has 1 atom stereocenters. The smallest absolute Gasteiger partial charge is 0.0766 e. The Morgan fingerprint density at radius 2 is 2.36 bits per heavy atom. The number of rotatable bonds is 0. The average molecular weight is 208 g/mol. The largest absolute Gasteiger partial charge is 0.198 e. The lowest BCUT2D eigenvalue weighted by atomic mass is 9.79. The highest BCUT2D eigenvalue weighted by Crippen LogP contribution is 2.39. The van der Waals surface area contributed by atoms with Crippen molar-refractivity contribution in [1.29, 1.82) is 5.26 Å². The first-order valence-electron chi connectivity index (χ1n) is 3.50. The highest BCUT2D eigenvalue weighted by atomic mass is 79.9. The van der Waals surface area contributed by atoms with E-state index in [0.29, 0.717) is 0 Å². The SMILES string of the molecule is N#CC1Cc2cccc(Br)c21. The van der Waals surface area contributed by atoms with Gasteiger partial charge in [-0.15, -0.1) is 0 Å². The molecule has 0 radical (unpaired) electrons. The summed E-state index contributed by atoms with van der Waals surface area (Å²) in [6.45, 7) is 0. The minimum Gasteiger partial charge on any atom is -0.198 e. The number of halogens is 1. The van der Waals surface area contributed by atoms with Crippen molar-refractivity contribution in [2.45, 2.75) is 12.3 Å². The second kappa shape index (κ2) is 2.35. The van der Waals surface area contributed by atoms with Crippen LogP contribution in [0.5, 0.6) is 0 Å². The Hall–Kier alpha value is -0.810. The van der Waals surface area contributed by atoms with E-state index in [1.165, 1.54) is 11.1 Å². The van der Waals surface area contributed by atoms with Crippen LogP contribution in [0, 0.1) is 11.3 Å². The molecule has 0 bridgehead atoms. The molecular formula is C9H6BrN. The van der Waals surface area contributed by atoms with E-state index in [0.717, 1.165) is 10.9 Å². The van der Waals surface area contributed by atoms with E-state index in [-0.39, 0.29) is 5.92 Å². The lowest BCUT2D eigenvalue weighted by molar-refractivity contribution is 0.739. The van der Waals surface area contributed by atoms with Crippen LogP contribution in [0.25, 0.3) is 0 Å². The molecule has 1 aliphatic rings. The minimum absolute atomic E-state index is 0.126. The van der Waals surface area contributed by atoms with Gasteiger partial charge in [0.2, 0.25) is 0 Å². The molecule has 0 amide bonds. The van der Waals surface area contributed by atoms with Gasteiger partial charge in [-0.25, -0.2) is 0 Å². The summed E-state index contributed by atoms with van der Waals surface area (Å²) in [5.74, 6) is 0.126. The lowest BCUT2D eigenvalue weighted by Gasteiger charge is -2.25. The molecule has 11 heavy (non-hydrogen) atoms. The topological polar surface area (TPSA) is 23.8 Å². The van der Waals surface area contributed by atoms with Gasteiger partial charge in [-0.3, -0.25) is 0 Å². The summed E-state index contributed by atoms with van der Waals surface area (Å²) in [4.78, 5) is 0. The van der Waals surface area contributed by atoms with E-state index in [4.69, 9.17) is 5.26 Å². The first-order valence-corrected chi connectivity index (χ1v) is 4.29. The standard InChI is InChI=1S/C9H6BrN/c10-8-3-1-2-6-4-7(5-11)9(6)8/h1-3,7H,4H2. The van der Waals surface area contributed by atoms with Gasteiger partial charge in [0.25, 0.3) is 0 Å². The van der Waals surface area contributed by atoms with Crippen molar-refractivity contribution in [2.24, 2.45) is 0 Å². The summed E-state index contributed by atoms with van der Waals surface area (Å²) in [6.07, 6.45) is 0.922. The molecule has 1 aliphatic carbocycles. The van der Waals surface area contributed by atoms with Crippen molar-refractivity contribution in [2.75, 3.05) is 0 Å². The maximum absolute atomic E-state index is 8.69. The van der Waals surface area contributed by atoms with Crippen molar-refractivity contribution in [3.8, 4) is 6.07 Å². The van der Waals surface area contributed by atoms with Gasteiger partial charge in [0, 0.05) is 4.47 Å². The quantitative estimate of drug-likeness (QED) is 0.642. The van der Waals surface area contributed by atoms with Gasteiger partial charge >= 0.3 is 0 Å². The number of benzene rings is 1. The number of hydrogen-bond acceptors (Lipinski definition) is 1. The molecule has 1 aromatic carbocycles. The molecule has 1 aromatic rings. The second-order valence-electron chi connectivity index (χ2n) is 2.70. The van der Waals surface area contributed by atoms with Crippen LogP contribution in [0.15, 0.2) is 22.7 Å². The first-order chi connectivity index (χ1) is 5.33. The zero-order valence-corrected chi connectivity index (χ0v) is 7.43. The second-order valence-corrected chi connectivity index (χ2v) is 3.55. The lowest BCUT2D eigenvalue weighted by Crippen LogP contribution is -2.15. The zero-order chi connectivity index (χ0) is 7.84. The average Bonchev–Trinajstić information content (AvgIpc) is 1.93. The molecule has 0 fully saturated rings. The molecular weight excluding hydrogens is 202 g/mol. The van der Waals surface area contributed by atoms with Crippen molar-refractivity contribution in [3.05, 3.63) is 33.8 Å². The van der Waals surface area contributed by atoms with Crippen molar-refractivity contribution < 1.29 is 0 Å². The van der Waals surface area contributed by atoms with Gasteiger partial charge in [0.15, 0.2) is 0 Å². The van der Waals surface area contributed by atoms with Crippen LogP contribution in [0.1, 0.15) is 17.0 Å². The fraction of sp³-hybridized carbons (Fsp3) is 0.222. The van der Waals surface area contributed by atoms with E-state index in [2.05, 4.69) is 28.1 Å². The molecule has 2 rings (SSSR count). The van der Waals surface area contributed by atoms with Crippen LogP contribution in [0.2, 0.25) is 0 Å². The molecule has 0 spiro atoms. The van der Waals surface area contributed by atoms with E-state index in [1.807, 2.05) is 12.1 Å². The summed E-state index contributed by atoms with van der Waals surface area (Å²) in [5.41, 5.74) is 2.50. The van der Waals surface area contributed by atoms with E-state index in [9.17, 15) is 0 Å². The Morgan fingerprint density at radius 3 is 3.00 bits per heavy atom. The maximum Gasteiger partial charge on any atom is 0.0766 e. The van der Waals surface area contributed by atoms with Crippen LogP contribution in [0.3, 0.4) is 0 Å². The predicted octanol–water partition coefficient (Wildman–Crippen LogP) is 2.61. The summed E-state index contributed by atoms with van der Waals surface area (Å²) in [7, 11) is 0. The molecule has 0 aliphatic heterocycles. The molecule has 0 saturated carbocycles. The fourth-order valence-corrected chi connectivity index (χ4v) is 2.13. The van der Waals surface area contributed by atoms with E-state index in [1.54, 1.807) is 0 Å². The fourth-order valence-electron chi connectivity index (χ4n) is 1.45. The normalized spacial score (nSPS) is 19.8. The third-order valence-corrected chi connectivity index (χ3v) is 2.76.